The molecule has 7 nitrogen and oxygen atoms in total. The fraction of sp³-hybridized carbons (Fsp3) is 0.240. The van der Waals surface area contributed by atoms with E-state index >= 15 is 0 Å². The van der Waals surface area contributed by atoms with E-state index in [9.17, 15) is 9.90 Å². The van der Waals surface area contributed by atoms with Crippen molar-refractivity contribution in [3.8, 4) is 11.3 Å². The number of aliphatic hydroxyl groups excluding tert-OH is 1. The van der Waals surface area contributed by atoms with Crippen molar-refractivity contribution in [2.75, 3.05) is 12.4 Å². The van der Waals surface area contributed by atoms with Crippen molar-refractivity contribution in [1.82, 2.24) is 20.1 Å². The zero-order chi connectivity index (χ0) is 22.5. The molecule has 4 aromatic rings. The number of hydrogen-bond acceptors (Lipinski definition) is 5. The van der Waals surface area contributed by atoms with Gasteiger partial charge in [0.1, 0.15) is 0 Å². The second kappa shape index (κ2) is 9.62. The molecule has 1 amide bonds. The number of fused-ring (bicyclic) bond motifs is 1. The maximum absolute atomic E-state index is 12.6. The summed E-state index contributed by atoms with van der Waals surface area (Å²) >= 11 is 0. The molecular weight excluding hydrogens is 402 g/mol. The molecule has 7 heteroatoms. The lowest BCUT2D eigenvalue weighted by Crippen LogP contribution is -2.19. The predicted octanol–water partition coefficient (Wildman–Crippen LogP) is 4.49. The van der Waals surface area contributed by atoms with Crippen molar-refractivity contribution in [2.45, 2.75) is 32.9 Å². The molecule has 4 rings (SSSR count). The number of nitrogens with zero attached hydrogens (tertiary/aromatic N) is 3. The number of amides is 1. The van der Waals surface area contributed by atoms with Gasteiger partial charge in [0.25, 0.3) is 5.91 Å². The summed E-state index contributed by atoms with van der Waals surface area (Å²) in [6.45, 7) is 2.87. The molecule has 0 aliphatic heterocycles. The van der Waals surface area contributed by atoms with Crippen LogP contribution in [0.4, 0.5) is 11.4 Å². The third-order valence-electron chi connectivity index (χ3n) is 5.44. The van der Waals surface area contributed by atoms with Gasteiger partial charge in [-0.1, -0.05) is 31.5 Å². The monoisotopic (exact) mass is 429 g/mol. The highest BCUT2D eigenvalue weighted by atomic mass is 16.3. The average Bonchev–Trinajstić information content (AvgIpc) is 3.31. The Labute approximate surface area is 187 Å². The number of benzene rings is 2. The number of anilines is 2. The van der Waals surface area contributed by atoms with Crippen molar-refractivity contribution in [3.05, 3.63) is 72.1 Å². The third-order valence-corrected chi connectivity index (χ3v) is 5.44. The Morgan fingerprint density at radius 1 is 1.16 bits per heavy atom. The van der Waals surface area contributed by atoms with Crippen LogP contribution in [0.5, 0.6) is 0 Å². The standard InChI is InChI=1S/C25H27N5O2/c1-3-4-11-30-12-10-22(29-30)19-14-20-23(13-17(19)16-31)27-15-21(25(32)26-2)24(20)28-18-8-6-5-7-9-18/h5-10,12-15,31H,3-4,11,16H2,1-2H3,(H,26,32)(H,27,28). The maximum atomic E-state index is 12.6. The van der Waals surface area contributed by atoms with Crippen LogP contribution < -0.4 is 10.6 Å². The van der Waals surface area contributed by atoms with E-state index in [4.69, 9.17) is 5.10 Å². The first kappa shape index (κ1) is 21.5. The first-order valence-electron chi connectivity index (χ1n) is 10.8. The molecule has 2 heterocycles. The van der Waals surface area contributed by atoms with E-state index in [0.717, 1.165) is 47.3 Å². The lowest BCUT2D eigenvalue weighted by molar-refractivity contribution is 0.0963. The molecule has 2 aromatic heterocycles. The summed E-state index contributed by atoms with van der Waals surface area (Å²) in [6, 6.07) is 15.5. The minimum absolute atomic E-state index is 0.132. The number of para-hydroxylation sites is 1. The molecule has 3 N–H and O–H groups in total. The van der Waals surface area contributed by atoms with Crippen LogP contribution in [0.1, 0.15) is 35.7 Å². The van der Waals surface area contributed by atoms with Gasteiger partial charge in [-0.15, -0.1) is 0 Å². The van der Waals surface area contributed by atoms with Crippen molar-refractivity contribution < 1.29 is 9.90 Å². The van der Waals surface area contributed by atoms with E-state index in [1.807, 2.05) is 59.4 Å². The van der Waals surface area contributed by atoms with Gasteiger partial charge in [-0.2, -0.15) is 5.10 Å². The number of unbranched alkanes of at least 4 members (excludes halogenated alkanes) is 1. The van der Waals surface area contributed by atoms with Crippen molar-refractivity contribution >= 4 is 28.2 Å². The highest BCUT2D eigenvalue weighted by molar-refractivity contribution is 6.08. The second-order valence-electron chi connectivity index (χ2n) is 7.62. The Morgan fingerprint density at radius 3 is 2.69 bits per heavy atom. The molecule has 0 spiro atoms. The number of aliphatic hydroxyl groups is 1. The fourth-order valence-electron chi connectivity index (χ4n) is 3.71. The number of hydrogen-bond donors (Lipinski definition) is 3. The largest absolute Gasteiger partial charge is 0.392 e. The second-order valence-corrected chi connectivity index (χ2v) is 7.62. The minimum Gasteiger partial charge on any atom is -0.392 e. The van der Waals surface area contributed by atoms with Crippen molar-refractivity contribution in [1.29, 1.82) is 0 Å². The minimum atomic E-state index is -0.227. The van der Waals surface area contributed by atoms with E-state index in [1.165, 1.54) is 0 Å². The predicted molar refractivity (Wildman–Crippen MR) is 127 cm³/mol. The van der Waals surface area contributed by atoms with Crippen molar-refractivity contribution in [3.63, 3.8) is 0 Å². The smallest absolute Gasteiger partial charge is 0.254 e. The summed E-state index contributed by atoms with van der Waals surface area (Å²) in [5, 5.41) is 21.6. The summed E-state index contributed by atoms with van der Waals surface area (Å²) in [5.41, 5.74) is 5.00. The first-order chi connectivity index (χ1) is 15.6. The normalized spacial score (nSPS) is 11.0. The van der Waals surface area contributed by atoms with Gasteiger partial charge in [0.15, 0.2) is 0 Å². The number of nitrogens with one attached hydrogen (secondary N) is 2. The zero-order valence-electron chi connectivity index (χ0n) is 18.3. The summed E-state index contributed by atoms with van der Waals surface area (Å²) in [6.07, 6.45) is 5.66. The van der Waals surface area contributed by atoms with Crippen LogP contribution in [-0.4, -0.2) is 32.8 Å². The van der Waals surface area contributed by atoms with E-state index in [1.54, 1.807) is 13.2 Å². The highest BCUT2D eigenvalue weighted by Crippen LogP contribution is 2.34. The summed E-state index contributed by atoms with van der Waals surface area (Å²) in [5.74, 6) is -0.227. The summed E-state index contributed by atoms with van der Waals surface area (Å²) in [7, 11) is 1.60. The molecule has 0 fully saturated rings. The van der Waals surface area contributed by atoms with Gasteiger partial charge in [-0.25, -0.2) is 0 Å². The van der Waals surface area contributed by atoms with E-state index in [2.05, 4.69) is 22.5 Å². The molecule has 0 bridgehead atoms. The van der Waals surface area contributed by atoms with Crippen molar-refractivity contribution in [2.24, 2.45) is 0 Å². The quantitative estimate of drug-likeness (QED) is 0.384. The van der Waals surface area contributed by atoms with Crippen LogP contribution in [0.2, 0.25) is 0 Å². The Morgan fingerprint density at radius 2 is 1.97 bits per heavy atom. The van der Waals surface area contributed by atoms with E-state index < -0.39 is 0 Å². The molecule has 0 saturated carbocycles. The van der Waals surface area contributed by atoms with Crippen LogP contribution in [0, 0.1) is 0 Å². The van der Waals surface area contributed by atoms with Crippen LogP contribution in [-0.2, 0) is 13.2 Å². The lowest BCUT2D eigenvalue weighted by Gasteiger charge is -2.16. The van der Waals surface area contributed by atoms with E-state index in [-0.39, 0.29) is 12.5 Å². The first-order valence-corrected chi connectivity index (χ1v) is 10.8. The number of rotatable bonds is 8. The number of aryl methyl sites for hydroxylation is 1. The highest BCUT2D eigenvalue weighted by Gasteiger charge is 2.18. The number of aromatic nitrogens is 3. The average molecular weight is 430 g/mol. The Hall–Kier alpha value is -3.71. The molecule has 0 saturated heterocycles. The number of pyridine rings is 1. The Bertz CT molecular complexity index is 1230. The molecule has 164 valence electrons. The topological polar surface area (TPSA) is 92.1 Å². The molecule has 0 aliphatic carbocycles. The fourth-order valence-corrected chi connectivity index (χ4v) is 3.71. The van der Waals surface area contributed by atoms with Crippen LogP contribution in [0.15, 0.2) is 60.9 Å². The zero-order valence-corrected chi connectivity index (χ0v) is 18.3. The number of carbonyl (C=O) groups excluding carboxylic acids is 1. The van der Waals surface area contributed by atoms with E-state index in [0.29, 0.717) is 16.8 Å². The molecule has 0 atom stereocenters. The lowest BCUT2D eigenvalue weighted by atomic mass is 9.99. The van der Waals surface area contributed by atoms with Crippen LogP contribution in [0.3, 0.4) is 0 Å². The molecule has 0 aliphatic rings. The third kappa shape index (κ3) is 4.33. The molecule has 32 heavy (non-hydrogen) atoms. The van der Waals surface area contributed by atoms with Gasteiger partial charge < -0.3 is 15.7 Å². The summed E-state index contributed by atoms with van der Waals surface area (Å²) < 4.78 is 1.92. The summed E-state index contributed by atoms with van der Waals surface area (Å²) in [4.78, 5) is 17.1. The Kier molecular flexibility index (Phi) is 6.47. The molecular formula is C25H27N5O2. The van der Waals surface area contributed by atoms with Crippen LogP contribution >= 0.6 is 0 Å². The number of carbonyl (C=O) groups is 1. The molecule has 0 radical (unpaired) electrons. The van der Waals surface area contributed by atoms with Gasteiger partial charge in [0.05, 0.1) is 29.1 Å². The SMILES string of the molecule is CCCCn1ccc(-c2cc3c(Nc4ccccc4)c(C(=O)NC)cnc3cc2CO)n1. The van der Waals surface area contributed by atoms with Gasteiger partial charge in [0, 0.05) is 42.6 Å². The molecule has 0 unspecified atom stereocenters. The van der Waals surface area contributed by atoms with Crippen LogP contribution in [0.25, 0.3) is 22.2 Å². The maximum Gasteiger partial charge on any atom is 0.254 e. The van der Waals surface area contributed by atoms with Gasteiger partial charge in [-0.3, -0.25) is 14.5 Å². The molecule has 2 aromatic carbocycles. The van der Waals surface area contributed by atoms with Gasteiger partial charge >= 0.3 is 0 Å². The van der Waals surface area contributed by atoms with Gasteiger partial charge in [0.2, 0.25) is 0 Å². The van der Waals surface area contributed by atoms with Gasteiger partial charge in [-0.05, 0) is 42.3 Å². The Balaban J connectivity index is 1.89.